The van der Waals surface area contributed by atoms with Gasteiger partial charge in [-0.1, -0.05) is 32.4 Å². The summed E-state index contributed by atoms with van der Waals surface area (Å²) in [5.74, 6) is 1.40. The van der Waals surface area contributed by atoms with E-state index in [0.29, 0.717) is 0 Å². The molecule has 0 saturated carbocycles. The van der Waals surface area contributed by atoms with Gasteiger partial charge in [0.25, 0.3) is 5.82 Å². The Labute approximate surface area is 86.9 Å². The zero-order valence-corrected chi connectivity index (χ0v) is 9.37. The summed E-state index contributed by atoms with van der Waals surface area (Å²) in [5.41, 5.74) is 0. The second kappa shape index (κ2) is 5.63. The molecule has 1 heterocycles. The average molecular weight is 193 g/mol. The van der Waals surface area contributed by atoms with Crippen molar-refractivity contribution < 1.29 is 4.57 Å². The van der Waals surface area contributed by atoms with Crippen LogP contribution in [0.25, 0.3) is 0 Å². The molecule has 78 valence electrons. The molecule has 0 N–H and O–H groups in total. The van der Waals surface area contributed by atoms with Crippen molar-refractivity contribution in [2.24, 2.45) is 7.05 Å². The molecule has 1 rings (SSSR count). The van der Waals surface area contributed by atoms with Crippen LogP contribution in [0.2, 0.25) is 0 Å². The number of hydrogen-bond donors (Lipinski definition) is 0. The fourth-order valence-electron chi connectivity index (χ4n) is 1.71. The molecule has 0 aliphatic rings. The first-order valence-corrected chi connectivity index (χ1v) is 5.44. The van der Waals surface area contributed by atoms with Gasteiger partial charge >= 0.3 is 0 Å². The molecule has 0 aliphatic heterocycles. The van der Waals surface area contributed by atoms with E-state index in [9.17, 15) is 0 Å². The van der Waals surface area contributed by atoms with E-state index in [1.807, 2.05) is 6.08 Å². The first-order valence-electron chi connectivity index (χ1n) is 5.44. The number of unbranched alkanes of at least 4 members (excludes halogenated alkanes) is 2. The summed E-state index contributed by atoms with van der Waals surface area (Å²) in [4.78, 5) is 0. The molecule has 0 spiro atoms. The van der Waals surface area contributed by atoms with Crippen LogP contribution in [0, 0.1) is 0 Å². The SMILES string of the molecule is C=CCn1cc[n+](C)c1CCCCC. The third kappa shape index (κ3) is 2.72. The summed E-state index contributed by atoms with van der Waals surface area (Å²) in [6.45, 7) is 6.93. The lowest BCUT2D eigenvalue weighted by atomic mass is 10.2. The maximum absolute atomic E-state index is 3.77. The highest BCUT2D eigenvalue weighted by Crippen LogP contribution is 2.03. The van der Waals surface area contributed by atoms with Crippen LogP contribution in [0.4, 0.5) is 0 Å². The Balaban J connectivity index is 2.62. The van der Waals surface area contributed by atoms with Crippen molar-refractivity contribution in [3.63, 3.8) is 0 Å². The van der Waals surface area contributed by atoms with Gasteiger partial charge in [0.2, 0.25) is 0 Å². The van der Waals surface area contributed by atoms with E-state index in [0.717, 1.165) is 6.54 Å². The lowest BCUT2D eigenvalue weighted by Crippen LogP contribution is -2.32. The topological polar surface area (TPSA) is 8.81 Å². The van der Waals surface area contributed by atoms with Gasteiger partial charge < -0.3 is 0 Å². The molecule has 0 unspecified atom stereocenters. The fraction of sp³-hybridized carbons (Fsp3) is 0.583. The van der Waals surface area contributed by atoms with E-state index in [2.05, 4.69) is 42.1 Å². The van der Waals surface area contributed by atoms with E-state index in [1.54, 1.807) is 0 Å². The van der Waals surface area contributed by atoms with Crippen molar-refractivity contribution in [3.8, 4) is 0 Å². The summed E-state index contributed by atoms with van der Waals surface area (Å²) < 4.78 is 4.47. The normalized spacial score (nSPS) is 10.4. The zero-order chi connectivity index (χ0) is 10.4. The number of rotatable bonds is 6. The first kappa shape index (κ1) is 11.0. The molecule has 1 aromatic rings. The van der Waals surface area contributed by atoms with Crippen LogP contribution in [0.1, 0.15) is 32.0 Å². The second-order valence-corrected chi connectivity index (χ2v) is 3.72. The van der Waals surface area contributed by atoms with Crippen LogP contribution in [-0.4, -0.2) is 4.57 Å². The third-order valence-corrected chi connectivity index (χ3v) is 2.54. The van der Waals surface area contributed by atoms with E-state index < -0.39 is 0 Å². The summed E-state index contributed by atoms with van der Waals surface area (Å²) >= 11 is 0. The van der Waals surface area contributed by atoms with Crippen molar-refractivity contribution in [2.45, 2.75) is 39.2 Å². The van der Waals surface area contributed by atoms with Gasteiger partial charge in [0.05, 0.1) is 7.05 Å². The Bertz CT molecular complexity index is 287. The van der Waals surface area contributed by atoms with Gasteiger partial charge in [-0.3, -0.25) is 0 Å². The van der Waals surface area contributed by atoms with Gasteiger partial charge in [0, 0.05) is 6.42 Å². The van der Waals surface area contributed by atoms with Crippen LogP contribution < -0.4 is 4.57 Å². The Hall–Kier alpha value is -1.05. The number of nitrogens with zero attached hydrogens (tertiary/aromatic N) is 2. The molecule has 0 bridgehead atoms. The molecule has 0 fully saturated rings. The molecular formula is C12H21N2+. The predicted molar refractivity (Wildman–Crippen MR) is 59.0 cm³/mol. The summed E-state index contributed by atoms with van der Waals surface area (Å²) in [6, 6.07) is 0. The maximum Gasteiger partial charge on any atom is 0.256 e. The van der Waals surface area contributed by atoms with E-state index in [4.69, 9.17) is 0 Å². The minimum absolute atomic E-state index is 0.919. The highest BCUT2D eigenvalue weighted by molar-refractivity contribution is 4.87. The minimum Gasteiger partial charge on any atom is -0.237 e. The largest absolute Gasteiger partial charge is 0.256 e. The fourth-order valence-corrected chi connectivity index (χ4v) is 1.71. The van der Waals surface area contributed by atoms with Crippen molar-refractivity contribution in [1.29, 1.82) is 0 Å². The molecule has 0 amide bonds. The second-order valence-electron chi connectivity index (χ2n) is 3.72. The number of aromatic nitrogens is 2. The Morgan fingerprint density at radius 2 is 2.29 bits per heavy atom. The van der Waals surface area contributed by atoms with E-state index in [1.165, 1.54) is 31.5 Å². The molecule has 14 heavy (non-hydrogen) atoms. The first-order chi connectivity index (χ1) is 6.79. The molecule has 2 nitrogen and oxygen atoms in total. The minimum atomic E-state index is 0.919. The summed E-state index contributed by atoms with van der Waals surface area (Å²) in [6.07, 6.45) is 11.2. The monoisotopic (exact) mass is 193 g/mol. The highest BCUT2D eigenvalue weighted by atomic mass is 15.1. The number of hydrogen-bond acceptors (Lipinski definition) is 0. The third-order valence-electron chi connectivity index (χ3n) is 2.54. The summed E-state index contributed by atoms with van der Waals surface area (Å²) in [5, 5.41) is 0. The molecule has 2 heteroatoms. The van der Waals surface area contributed by atoms with Crippen molar-refractivity contribution in [3.05, 3.63) is 30.9 Å². The van der Waals surface area contributed by atoms with Gasteiger partial charge in [-0.15, -0.1) is 0 Å². The molecule has 0 saturated heterocycles. The summed E-state index contributed by atoms with van der Waals surface area (Å²) in [7, 11) is 2.11. The smallest absolute Gasteiger partial charge is 0.237 e. The maximum atomic E-state index is 3.77. The van der Waals surface area contributed by atoms with Gasteiger partial charge in [0.1, 0.15) is 18.9 Å². The molecule has 0 aromatic carbocycles. The molecular weight excluding hydrogens is 172 g/mol. The van der Waals surface area contributed by atoms with Crippen molar-refractivity contribution in [2.75, 3.05) is 0 Å². The Morgan fingerprint density at radius 1 is 1.50 bits per heavy atom. The van der Waals surface area contributed by atoms with Crippen LogP contribution >= 0.6 is 0 Å². The van der Waals surface area contributed by atoms with Crippen molar-refractivity contribution >= 4 is 0 Å². The molecule has 0 aliphatic carbocycles. The van der Waals surface area contributed by atoms with E-state index >= 15 is 0 Å². The number of aryl methyl sites for hydroxylation is 1. The van der Waals surface area contributed by atoms with E-state index in [-0.39, 0.29) is 0 Å². The molecule has 0 radical (unpaired) electrons. The van der Waals surface area contributed by atoms with Gasteiger partial charge in [0.15, 0.2) is 0 Å². The predicted octanol–water partition coefficient (Wildman–Crippen LogP) is 2.23. The standard InChI is InChI=1S/C12H21N2/c1-4-6-7-8-12-13(3)10-11-14(12)9-5-2/h5,10-11H,2,4,6-9H2,1,3H3/q+1. The van der Waals surface area contributed by atoms with Crippen molar-refractivity contribution in [1.82, 2.24) is 4.57 Å². The van der Waals surface area contributed by atoms with Gasteiger partial charge in [-0.05, 0) is 6.42 Å². The number of imidazole rings is 1. The number of allylic oxidation sites excluding steroid dienone is 1. The Kier molecular flexibility index (Phi) is 4.44. The molecule has 0 atom stereocenters. The van der Waals surface area contributed by atoms with Crippen LogP contribution in [0.5, 0.6) is 0 Å². The van der Waals surface area contributed by atoms with Crippen LogP contribution in [0.15, 0.2) is 25.0 Å². The van der Waals surface area contributed by atoms with Gasteiger partial charge in [-0.2, -0.15) is 0 Å². The van der Waals surface area contributed by atoms with Crippen LogP contribution in [0.3, 0.4) is 0 Å². The molecule has 1 aromatic heterocycles. The lowest BCUT2D eigenvalue weighted by molar-refractivity contribution is -0.678. The average Bonchev–Trinajstić information content (AvgIpc) is 2.50. The Morgan fingerprint density at radius 3 is 2.93 bits per heavy atom. The van der Waals surface area contributed by atoms with Gasteiger partial charge in [-0.25, -0.2) is 9.13 Å². The van der Waals surface area contributed by atoms with Crippen LogP contribution in [-0.2, 0) is 20.0 Å². The zero-order valence-electron chi connectivity index (χ0n) is 9.37. The lowest BCUT2D eigenvalue weighted by Gasteiger charge is -1.99. The quantitative estimate of drug-likeness (QED) is 0.372. The highest BCUT2D eigenvalue weighted by Gasteiger charge is 2.11.